The predicted molar refractivity (Wildman–Crippen MR) is 136 cm³/mol. The number of para-hydroxylation sites is 2. The molecule has 1 atom stereocenters. The normalized spacial score (nSPS) is 14.2. The van der Waals surface area contributed by atoms with Gasteiger partial charge in [-0.2, -0.15) is 0 Å². The summed E-state index contributed by atoms with van der Waals surface area (Å²) >= 11 is 0. The molecule has 1 aliphatic carbocycles. The number of benzene rings is 2. The van der Waals surface area contributed by atoms with Crippen LogP contribution in [0.4, 0.5) is 5.69 Å². The Hall–Kier alpha value is -3.94. The van der Waals surface area contributed by atoms with E-state index in [2.05, 4.69) is 5.32 Å². The van der Waals surface area contributed by atoms with Crippen LogP contribution in [0.3, 0.4) is 0 Å². The molecule has 8 heteroatoms. The van der Waals surface area contributed by atoms with E-state index in [1.807, 2.05) is 13.0 Å². The van der Waals surface area contributed by atoms with Crippen LogP contribution in [0, 0.1) is 0 Å². The standard InChI is InChI=1S/C28H32N2O6/c1-4-35-22-13-8-7-12-21(22)30(28(32)24-14-9-17-36-24)26(27(31)29-20-10-5-6-11-20)19-15-16-23(33-2)25(18-19)34-3/h7-9,12-18,20,26H,4-6,10-11H2,1-3H3,(H,29,31)/t26-/m0/s1. The van der Waals surface area contributed by atoms with Crippen LogP contribution in [-0.4, -0.2) is 38.7 Å². The number of carbonyl (C=O) groups is 2. The molecule has 0 aliphatic heterocycles. The Morgan fingerprint density at radius 1 is 1.00 bits per heavy atom. The van der Waals surface area contributed by atoms with E-state index in [1.54, 1.807) is 55.6 Å². The number of nitrogens with zero attached hydrogens (tertiary/aromatic N) is 1. The van der Waals surface area contributed by atoms with Gasteiger partial charge in [0.2, 0.25) is 5.91 Å². The molecule has 1 fully saturated rings. The van der Waals surface area contributed by atoms with Crippen LogP contribution in [0.15, 0.2) is 65.3 Å². The zero-order valence-electron chi connectivity index (χ0n) is 20.9. The third-order valence-electron chi connectivity index (χ3n) is 6.31. The average molecular weight is 493 g/mol. The first-order valence-corrected chi connectivity index (χ1v) is 12.2. The van der Waals surface area contributed by atoms with Gasteiger partial charge in [0.25, 0.3) is 5.91 Å². The molecule has 3 aromatic rings. The third kappa shape index (κ3) is 5.32. The molecule has 1 aliphatic rings. The van der Waals surface area contributed by atoms with Gasteiger partial charge in [-0.15, -0.1) is 0 Å². The van der Waals surface area contributed by atoms with Gasteiger partial charge >= 0.3 is 0 Å². The molecule has 0 saturated heterocycles. The number of anilines is 1. The van der Waals surface area contributed by atoms with Gasteiger partial charge in [0, 0.05) is 6.04 Å². The van der Waals surface area contributed by atoms with E-state index >= 15 is 0 Å². The number of ether oxygens (including phenoxy) is 3. The zero-order chi connectivity index (χ0) is 25.5. The van der Waals surface area contributed by atoms with E-state index in [1.165, 1.54) is 18.3 Å². The maximum absolute atomic E-state index is 14.0. The summed E-state index contributed by atoms with van der Waals surface area (Å²) in [6.45, 7) is 2.27. The summed E-state index contributed by atoms with van der Waals surface area (Å²) in [6.07, 6.45) is 5.38. The van der Waals surface area contributed by atoms with E-state index in [9.17, 15) is 9.59 Å². The minimum absolute atomic E-state index is 0.0582. The molecule has 0 radical (unpaired) electrons. The fourth-order valence-corrected chi connectivity index (χ4v) is 4.61. The second-order valence-electron chi connectivity index (χ2n) is 8.56. The molecule has 2 amide bonds. The Bertz CT molecular complexity index is 1170. The smallest absolute Gasteiger partial charge is 0.295 e. The summed E-state index contributed by atoms with van der Waals surface area (Å²) in [4.78, 5) is 29.3. The van der Waals surface area contributed by atoms with Crippen molar-refractivity contribution < 1.29 is 28.2 Å². The van der Waals surface area contributed by atoms with E-state index in [0.717, 1.165) is 25.7 Å². The molecule has 8 nitrogen and oxygen atoms in total. The lowest BCUT2D eigenvalue weighted by Gasteiger charge is -2.33. The van der Waals surface area contributed by atoms with Gasteiger partial charge in [-0.05, 0) is 61.7 Å². The monoisotopic (exact) mass is 492 g/mol. The van der Waals surface area contributed by atoms with Crippen molar-refractivity contribution in [3.05, 3.63) is 72.2 Å². The van der Waals surface area contributed by atoms with Gasteiger partial charge in [-0.25, -0.2) is 0 Å². The van der Waals surface area contributed by atoms with E-state index in [0.29, 0.717) is 35.1 Å². The van der Waals surface area contributed by atoms with Crippen molar-refractivity contribution in [2.75, 3.05) is 25.7 Å². The topological polar surface area (TPSA) is 90.2 Å². The number of hydrogen-bond acceptors (Lipinski definition) is 6. The number of rotatable bonds is 10. The van der Waals surface area contributed by atoms with Crippen molar-refractivity contribution in [3.8, 4) is 17.2 Å². The zero-order valence-corrected chi connectivity index (χ0v) is 20.9. The summed E-state index contributed by atoms with van der Waals surface area (Å²) in [7, 11) is 3.08. The molecule has 1 heterocycles. The molecular formula is C28H32N2O6. The number of methoxy groups -OCH3 is 2. The van der Waals surface area contributed by atoms with Crippen molar-refractivity contribution in [1.82, 2.24) is 5.32 Å². The van der Waals surface area contributed by atoms with Gasteiger partial charge in [0.05, 0.1) is 32.8 Å². The Kier molecular flexibility index (Phi) is 8.15. The first-order chi connectivity index (χ1) is 17.6. The maximum Gasteiger partial charge on any atom is 0.295 e. The van der Waals surface area contributed by atoms with Crippen LogP contribution in [0.5, 0.6) is 17.2 Å². The molecular weight excluding hydrogens is 460 g/mol. The second-order valence-corrected chi connectivity index (χ2v) is 8.56. The third-order valence-corrected chi connectivity index (χ3v) is 6.31. The maximum atomic E-state index is 14.0. The Balaban J connectivity index is 1.88. The SMILES string of the molecule is CCOc1ccccc1N(C(=O)c1ccco1)[C@H](C(=O)NC1CCCC1)c1ccc(OC)c(OC)c1. The molecule has 1 saturated carbocycles. The highest BCUT2D eigenvalue weighted by molar-refractivity contribution is 6.09. The molecule has 190 valence electrons. The van der Waals surface area contributed by atoms with Gasteiger partial charge in [0.15, 0.2) is 17.3 Å². The highest BCUT2D eigenvalue weighted by Crippen LogP contribution is 2.39. The molecule has 1 aromatic heterocycles. The quantitative estimate of drug-likeness (QED) is 0.421. The molecule has 0 unspecified atom stereocenters. The summed E-state index contributed by atoms with van der Waals surface area (Å²) in [5.41, 5.74) is 1.02. The van der Waals surface area contributed by atoms with Crippen LogP contribution < -0.4 is 24.4 Å². The molecule has 0 bridgehead atoms. The van der Waals surface area contributed by atoms with E-state index in [-0.39, 0.29) is 17.7 Å². The van der Waals surface area contributed by atoms with E-state index in [4.69, 9.17) is 18.6 Å². The van der Waals surface area contributed by atoms with Crippen molar-refractivity contribution in [2.24, 2.45) is 0 Å². The van der Waals surface area contributed by atoms with E-state index < -0.39 is 11.9 Å². The number of furan rings is 1. The summed E-state index contributed by atoms with van der Waals surface area (Å²) in [5.74, 6) is 0.820. The highest BCUT2D eigenvalue weighted by Gasteiger charge is 2.37. The fraction of sp³-hybridized carbons (Fsp3) is 0.357. The highest BCUT2D eigenvalue weighted by atomic mass is 16.5. The van der Waals surface area contributed by atoms with Gasteiger partial charge in [0.1, 0.15) is 11.8 Å². The van der Waals surface area contributed by atoms with Crippen molar-refractivity contribution >= 4 is 17.5 Å². The first kappa shape index (κ1) is 25.2. The lowest BCUT2D eigenvalue weighted by atomic mass is 10.0. The Labute approximate surface area is 211 Å². The summed E-state index contributed by atoms with van der Waals surface area (Å²) < 4.78 is 22.3. The fourth-order valence-electron chi connectivity index (χ4n) is 4.61. The Morgan fingerprint density at radius 3 is 2.42 bits per heavy atom. The van der Waals surface area contributed by atoms with Gasteiger partial charge in [-0.3, -0.25) is 14.5 Å². The second kappa shape index (κ2) is 11.7. The molecule has 36 heavy (non-hydrogen) atoms. The molecule has 1 N–H and O–H groups in total. The van der Waals surface area contributed by atoms with Crippen molar-refractivity contribution in [2.45, 2.75) is 44.7 Å². The van der Waals surface area contributed by atoms with Crippen molar-refractivity contribution in [1.29, 1.82) is 0 Å². The number of nitrogens with one attached hydrogen (secondary N) is 1. The summed E-state index contributed by atoms with van der Waals surface area (Å²) in [6, 6.07) is 14.7. The van der Waals surface area contributed by atoms with Crippen LogP contribution in [-0.2, 0) is 4.79 Å². The predicted octanol–water partition coefficient (Wildman–Crippen LogP) is 5.14. The number of carbonyl (C=O) groups excluding carboxylic acids is 2. The Morgan fingerprint density at radius 2 is 1.75 bits per heavy atom. The van der Waals surface area contributed by atoms with Crippen LogP contribution >= 0.6 is 0 Å². The molecule has 4 rings (SSSR count). The van der Waals surface area contributed by atoms with Crippen LogP contribution in [0.2, 0.25) is 0 Å². The van der Waals surface area contributed by atoms with Crippen LogP contribution in [0.1, 0.15) is 54.8 Å². The largest absolute Gasteiger partial charge is 0.493 e. The van der Waals surface area contributed by atoms with Gasteiger partial charge < -0.3 is 23.9 Å². The van der Waals surface area contributed by atoms with Crippen LogP contribution in [0.25, 0.3) is 0 Å². The average Bonchev–Trinajstić information content (AvgIpc) is 3.62. The lowest BCUT2D eigenvalue weighted by Crippen LogP contribution is -2.46. The van der Waals surface area contributed by atoms with Gasteiger partial charge in [-0.1, -0.05) is 31.0 Å². The minimum Gasteiger partial charge on any atom is -0.493 e. The number of amides is 2. The molecule has 2 aromatic carbocycles. The van der Waals surface area contributed by atoms with Crippen molar-refractivity contribution in [3.63, 3.8) is 0 Å². The summed E-state index contributed by atoms with van der Waals surface area (Å²) in [5, 5.41) is 3.17. The number of hydrogen-bond donors (Lipinski definition) is 1. The lowest BCUT2D eigenvalue weighted by molar-refractivity contribution is -0.123. The molecule has 0 spiro atoms. The first-order valence-electron chi connectivity index (χ1n) is 12.2. The minimum atomic E-state index is -1.02.